The molecule has 1 atom stereocenters. The average molecular weight is 487 g/mol. The van der Waals surface area contributed by atoms with Crippen molar-refractivity contribution >= 4 is 43.6 Å². The van der Waals surface area contributed by atoms with Crippen LogP contribution >= 0.6 is 11.3 Å². The maximum atomic E-state index is 14.1. The predicted molar refractivity (Wildman–Crippen MR) is 142 cm³/mol. The summed E-state index contributed by atoms with van der Waals surface area (Å²) < 4.78 is 20.7. The zero-order valence-electron chi connectivity index (χ0n) is 19.6. The molecule has 0 radical (unpaired) electrons. The molecule has 3 aromatic carbocycles. The summed E-state index contributed by atoms with van der Waals surface area (Å²) in [6.45, 7) is 2.63. The smallest absolute Gasteiger partial charge is 0.140 e. The van der Waals surface area contributed by atoms with Crippen LogP contribution in [0.4, 0.5) is 20.8 Å². The number of rotatable bonds is 4. The van der Waals surface area contributed by atoms with E-state index in [0.29, 0.717) is 11.7 Å². The third kappa shape index (κ3) is 4.37. The maximum absolute atomic E-state index is 14.1. The number of halogens is 1. The second-order valence-electron chi connectivity index (χ2n) is 9.01. The van der Waals surface area contributed by atoms with E-state index < -0.39 is 0 Å². The van der Waals surface area contributed by atoms with Gasteiger partial charge in [0.05, 0.1) is 24.0 Å². The van der Waals surface area contributed by atoms with Crippen molar-refractivity contribution in [1.29, 1.82) is 0 Å². The number of anilines is 2. The van der Waals surface area contributed by atoms with Crippen LogP contribution in [-0.4, -0.2) is 43.5 Å². The van der Waals surface area contributed by atoms with Crippen molar-refractivity contribution in [2.24, 2.45) is 4.99 Å². The Morgan fingerprint density at radius 1 is 1.11 bits per heavy atom. The van der Waals surface area contributed by atoms with Gasteiger partial charge < -0.3 is 20.3 Å². The summed E-state index contributed by atoms with van der Waals surface area (Å²) in [5.41, 5.74) is 3.86. The number of hydrogen-bond donors (Lipinski definition) is 2. The lowest BCUT2D eigenvalue weighted by Gasteiger charge is -2.36. The molecule has 5 nitrogen and oxygen atoms in total. The molecular weight excluding hydrogens is 459 g/mol. The lowest BCUT2D eigenvalue weighted by molar-refractivity contribution is 0.282. The van der Waals surface area contributed by atoms with Crippen LogP contribution in [0.5, 0.6) is 5.75 Å². The molecule has 7 heteroatoms. The molecule has 0 amide bonds. The number of ether oxygens (including phenoxy) is 1. The van der Waals surface area contributed by atoms with E-state index in [-0.39, 0.29) is 5.82 Å². The molecule has 178 valence electrons. The second-order valence-corrected chi connectivity index (χ2v) is 10.1. The maximum Gasteiger partial charge on any atom is 0.140 e. The van der Waals surface area contributed by atoms with E-state index in [0.717, 1.165) is 60.3 Å². The summed E-state index contributed by atoms with van der Waals surface area (Å²) >= 11 is 1.69. The van der Waals surface area contributed by atoms with Crippen molar-refractivity contribution in [1.82, 2.24) is 10.2 Å². The molecule has 1 fully saturated rings. The first-order chi connectivity index (χ1) is 17.2. The lowest BCUT2D eigenvalue weighted by atomic mass is 10.0. The molecule has 4 aromatic rings. The number of aliphatic imine (C=N–C) groups is 1. The molecule has 2 aliphatic rings. The number of amidine groups is 1. The van der Waals surface area contributed by atoms with Crippen LogP contribution < -0.4 is 15.4 Å². The summed E-state index contributed by atoms with van der Waals surface area (Å²) in [6, 6.07) is 21.8. The highest BCUT2D eigenvalue weighted by Gasteiger charge is 2.29. The molecule has 0 aliphatic carbocycles. The van der Waals surface area contributed by atoms with Crippen molar-refractivity contribution in [2.75, 3.05) is 32.1 Å². The van der Waals surface area contributed by atoms with Crippen LogP contribution in [0.1, 0.15) is 17.5 Å². The molecule has 1 aromatic heterocycles. The van der Waals surface area contributed by atoms with Crippen LogP contribution in [0.15, 0.2) is 71.7 Å². The molecule has 2 aliphatic heterocycles. The van der Waals surface area contributed by atoms with E-state index in [9.17, 15) is 4.39 Å². The monoisotopic (exact) mass is 486 g/mol. The average Bonchev–Trinajstić information content (AvgIpc) is 3.16. The first kappa shape index (κ1) is 22.1. The number of nitrogens with zero attached hydrogens (tertiary/aromatic N) is 2. The van der Waals surface area contributed by atoms with Gasteiger partial charge in [-0.15, -0.1) is 11.3 Å². The summed E-state index contributed by atoms with van der Waals surface area (Å²) in [7, 11) is 1.71. The zero-order valence-corrected chi connectivity index (χ0v) is 20.4. The van der Waals surface area contributed by atoms with E-state index >= 15 is 0 Å². The van der Waals surface area contributed by atoms with Crippen LogP contribution in [0.3, 0.4) is 0 Å². The minimum atomic E-state index is -0.266. The normalized spacial score (nSPS) is 17.3. The molecule has 6 rings (SSSR count). The largest absolute Gasteiger partial charge is 0.497 e. The molecule has 1 unspecified atom stereocenters. The van der Waals surface area contributed by atoms with Crippen molar-refractivity contribution in [2.45, 2.75) is 18.9 Å². The number of benzene rings is 3. The topological polar surface area (TPSA) is 48.9 Å². The van der Waals surface area contributed by atoms with Crippen molar-refractivity contribution < 1.29 is 9.13 Å². The quantitative estimate of drug-likeness (QED) is 0.366. The van der Waals surface area contributed by atoms with Gasteiger partial charge in [-0.3, -0.25) is 0 Å². The van der Waals surface area contributed by atoms with Crippen LogP contribution in [0.25, 0.3) is 10.1 Å². The van der Waals surface area contributed by atoms with E-state index in [4.69, 9.17) is 9.73 Å². The fourth-order valence-corrected chi connectivity index (χ4v) is 6.07. The van der Waals surface area contributed by atoms with Gasteiger partial charge in [0.15, 0.2) is 0 Å². The molecule has 0 saturated carbocycles. The molecule has 0 bridgehead atoms. The van der Waals surface area contributed by atoms with E-state index in [2.05, 4.69) is 51.9 Å². The minimum Gasteiger partial charge on any atom is -0.497 e. The van der Waals surface area contributed by atoms with Gasteiger partial charge in [0.25, 0.3) is 0 Å². The summed E-state index contributed by atoms with van der Waals surface area (Å²) in [5.74, 6) is 1.59. The Hall–Kier alpha value is -3.42. The number of methoxy groups -OCH3 is 1. The first-order valence-corrected chi connectivity index (χ1v) is 12.8. The van der Waals surface area contributed by atoms with Crippen LogP contribution in [0.2, 0.25) is 0 Å². The molecule has 0 spiro atoms. The minimum absolute atomic E-state index is 0.266. The third-order valence-corrected chi connectivity index (χ3v) is 7.81. The van der Waals surface area contributed by atoms with Crippen molar-refractivity contribution in [3.63, 3.8) is 0 Å². The summed E-state index contributed by atoms with van der Waals surface area (Å²) in [6.07, 6.45) is 2.00. The number of aryl methyl sites for hydroxylation is 1. The molecule has 2 N–H and O–H groups in total. The standard InChI is InChI=1S/C28H27FN4OS/c1-34-21-6-4-5-18(15-21)9-11-20-17-33(14-13-30-20)27-26-22-7-2-3-8-25(22)35-28(26)32-24-16-19(29)10-12-23(24)31-27/h2-8,10,12,15-16,20,30,32H,9,11,13-14,17H2,1H3. The Balaban J connectivity index is 1.32. The summed E-state index contributed by atoms with van der Waals surface area (Å²) in [4.78, 5) is 7.51. The van der Waals surface area contributed by atoms with Gasteiger partial charge in [-0.1, -0.05) is 30.3 Å². The highest BCUT2D eigenvalue weighted by atomic mass is 32.1. The highest BCUT2D eigenvalue weighted by molar-refractivity contribution is 7.23. The first-order valence-electron chi connectivity index (χ1n) is 12.0. The van der Waals surface area contributed by atoms with Gasteiger partial charge in [0, 0.05) is 35.8 Å². The molecule has 1 saturated heterocycles. The van der Waals surface area contributed by atoms with E-state index in [1.54, 1.807) is 24.5 Å². The third-order valence-electron chi connectivity index (χ3n) is 6.72. The summed E-state index contributed by atoms with van der Waals surface area (Å²) in [5, 5.41) is 9.37. The molecular formula is C28H27FN4OS. The molecule has 3 heterocycles. The van der Waals surface area contributed by atoms with E-state index in [1.165, 1.54) is 27.8 Å². The Morgan fingerprint density at radius 2 is 2.03 bits per heavy atom. The van der Waals surface area contributed by atoms with Crippen molar-refractivity contribution in [3.05, 3.63) is 83.7 Å². The second kappa shape index (κ2) is 9.32. The number of hydrogen-bond acceptors (Lipinski definition) is 6. The SMILES string of the molecule is COc1cccc(CCC2CN(C3=Nc4ccc(F)cc4Nc4sc5ccccc5c43)CCN2)c1. The Bertz CT molecular complexity index is 1420. The van der Waals surface area contributed by atoms with Gasteiger partial charge in [0.1, 0.15) is 22.4 Å². The van der Waals surface area contributed by atoms with Gasteiger partial charge >= 0.3 is 0 Å². The van der Waals surface area contributed by atoms with E-state index in [1.807, 2.05) is 12.1 Å². The fraction of sp³-hybridized carbons (Fsp3) is 0.250. The van der Waals surface area contributed by atoms with Gasteiger partial charge in [-0.25, -0.2) is 9.38 Å². The Labute approximate surface area is 208 Å². The van der Waals surface area contributed by atoms with Crippen LogP contribution in [-0.2, 0) is 6.42 Å². The van der Waals surface area contributed by atoms with Gasteiger partial charge in [-0.2, -0.15) is 0 Å². The van der Waals surface area contributed by atoms with Crippen molar-refractivity contribution in [3.8, 4) is 5.75 Å². The van der Waals surface area contributed by atoms with Crippen LogP contribution in [0, 0.1) is 5.82 Å². The predicted octanol–water partition coefficient (Wildman–Crippen LogP) is 6.09. The molecule has 35 heavy (non-hydrogen) atoms. The Morgan fingerprint density at radius 3 is 2.94 bits per heavy atom. The Kier molecular flexibility index (Phi) is 5.88. The number of piperazine rings is 1. The highest BCUT2D eigenvalue weighted by Crippen LogP contribution is 2.43. The number of nitrogens with one attached hydrogen (secondary N) is 2. The fourth-order valence-electron chi connectivity index (χ4n) is 4.96. The lowest BCUT2D eigenvalue weighted by Crippen LogP contribution is -2.52. The number of fused-ring (bicyclic) bond motifs is 4. The van der Waals surface area contributed by atoms with Gasteiger partial charge in [-0.05, 0) is 54.8 Å². The van der Waals surface area contributed by atoms with Gasteiger partial charge in [0.2, 0.25) is 0 Å². The zero-order chi connectivity index (χ0) is 23.8. The number of thiophene rings is 1.